The molecule has 0 radical (unpaired) electrons. The van der Waals surface area contributed by atoms with Crippen molar-refractivity contribution >= 4 is 23.7 Å². The first-order chi connectivity index (χ1) is 19.4. The van der Waals surface area contributed by atoms with E-state index in [1.807, 2.05) is 58.3 Å². The molecular weight excluding hydrogens is 508 g/mol. The summed E-state index contributed by atoms with van der Waals surface area (Å²) in [6.45, 7) is 2.41. The highest BCUT2D eigenvalue weighted by Gasteiger charge is 2.43. The number of nitrogens with one attached hydrogen (secondary N) is 1. The topological polar surface area (TPSA) is 101 Å². The SMILES string of the molecule is COC(=O)C(CC(=O)N1CCC2(CCN(C(=O)c3ccccc3-n3cccc3)CC2)C1)NC(=O)c1ccccc1. The Balaban J connectivity index is 1.18. The predicted octanol–water partition coefficient (Wildman–Crippen LogP) is 3.29. The van der Waals surface area contributed by atoms with Crippen molar-refractivity contribution in [2.24, 2.45) is 5.41 Å². The third-order valence-corrected chi connectivity index (χ3v) is 8.13. The monoisotopic (exact) mass is 542 g/mol. The highest BCUT2D eigenvalue weighted by Crippen LogP contribution is 2.41. The average Bonchev–Trinajstić information content (AvgIpc) is 3.68. The Bertz CT molecular complexity index is 1360. The lowest BCUT2D eigenvalue weighted by molar-refractivity contribution is -0.146. The van der Waals surface area contributed by atoms with Crippen molar-refractivity contribution in [3.63, 3.8) is 0 Å². The molecule has 2 aromatic carbocycles. The number of para-hydroxylation sites is 1. The number of nitrogens with zero attached hydrogens (tertiary/aromatic N) is 3. The molecule has 0 bridgehead atoms. The van der Waals surface area contributed by atoms with E-state index in [0.29, 0.717) is 37.3 Å². The minimum absolute atomic E-state index is 0.0140. The van der Waals surface area contributed by atoms with Gasteiger partial charge in [-0.3, -0.25) is 14.4 Å². The molecule has 1 spiro atoms. The Labute approximate surface area is 233 Å². The quantitative estimate of drug-likeness (QED) is 0.462. The molecule has 2 aliphatic rings. The highest BCUT2D eigenvalue weighted by molar-refractivity contribution is 5.98. The van der Waals surface area contributed by atoms with Crippen LogP contribution in [0, 0.1) is 5.41 Å². The zero-order valence-corrected chi connectivity index (χ0v) is 22.6. The average molecular weight is 543 g/mol. The fourth-order valence-electron chi connectivity index (χ4n) is 5.76. The lowest BCUT2D eigenvalue weighted by atomic mass is 9.77. The summed E-state index contributed by atoms with van der Waals surface area (Å²) in [6.07, 6.45) is 6.15. The molecule has 3 aromatic rings. The first kappa shape index (κ1) is 27.2. The summed E-state index contributed by atoms with van der Waals surface area (Å²) >= 11 is 0. The minimum atomic E-state index is -1.07. The fraction of sp³-hybridized carbons (Fsp3) is 0.355. The van der Waals surface area contributed by atoms with Gasteiger partial charge in [-0.25, -0.2) is 4.79 Å². The number of carbonyl (C=O) groups is 4. The van der Waals surface area contributed by atoms with E-state index in [9.17, 15) is 19.2 Å². The maximum absolute atomic E-state index is 13.5. The van der Waals surface area contributed by atoms with E-state index in [4.69, 9.17) is 4.74 Å². The summed E-state index contributed by atoms with van der Waals surface area (Å²) in [6, 6.07) is 19.0. The van der Waals surface area contributed by atoms with E-state index in [-0.39, 0.29) is 23.7 Å². The lowest BCUT2D eigenvalue weighted by Crippen LogP contribution is -2.47. The van der Waals surface area contributed by atoms with Gasteiger partial charge in [0.2, 0.25) is 5.91 Å². The van der Waals surface area contributed by atoms with Crippen LogP contribution in [0.3, 0.4) is 0 Å². The van der Waals surface area contributed by atoms with Crippen LogP contribution in [-0.4, -0.2) is 77.4 Å². The zero-order chi connectivity index (χ0) is 28.1. The van der Waals surface area contributed by atoms with Crippen molar-refractivity contribution in [3.05, 3.63) is 90.3 Å². The van der Waals surface area contributed by atoms with E-state index in [1.165, 1.54) is 7.11 Å². The smallest absolute Gasteiger partial charge is 0.328 e. The summed E-state index contributed by atoms with van der Waals surface area (Å²) in [4.78, 5) is 55.4. The number of methoxy groups -OCH3 is 1. The Hall–Kier alpha value is -4.40. The maximum Gasteiger partial charge on any atom is 0.328 e. The van der Waals surface area contributed by atoms with Gasteiger partial charge in [-0.1, -0.05) is 30.3 Å². The number of hydrogen-bond acceptors (Lipinski definition) is 5. The second-order valence-corrected chi connectivity index (χ2v) is 10.6. The Morgan fingerprint density at radius 2 is 1.48 bits per heavy atom. The van der Waals surface area contributed by atoms with Gasteiger partial charge in [0, 0.05) is 44.1 Å². The molecule has 1 aromatic heterocycles. The molecule has 0 saturated carbocycles. The van der Waals surface area contributed by atoms with Gasteiger partial charge in [-0.15, -0.1) is 0 Å². The highest BCUT2D eigenvalue weighted by atomic mass is 16.5. The molecule has 9 heteroatoms. The Morgan fingerprint density at radius 3 is 2.15 bits per heavy atom. The van der Waals surface area contributed by atoms with Gasteiger partial charge in [0.15, 0.2) is 0 Å². The molecule has 3 amide bonds. The lowest BCUT2D eigenvalue weighted by Gasteiger charge is -2.39. The van der Waals surface area contributed by atoms with E-state index in [2.05, 4.69) is 5.32 Å². The van der Waals surface area contributed by atoms with Crippen molar-refractivity contribution in [1.29, 1.82) is 0 Å². The van der Waals surface area contributed by atoms with Crippen molar-refractivity contribution < 1.29 is 23.9 Å². The van der Waals surface area contributed by atoms with Gasteiger partial charge in [-0.2, -0.15) is 0 Å². The van der Waals surface area contributed by atoms with Crippen LogP contribution in [0.1, 0.15) is 46.4 Å². The van der Waals surface area contributed by atoms with Gasteiger partial charge in [0.25, 0.3) is 11.8 Å². The van der Waals surface area contributed by atoms with E-state index < -0.39 is 17.9 Å². The number of benzene rings is 2. The largest absolute Gasteiger partial charge is 0.467 e. The third-order valence-electron chi connectivity index (χ3n) is 8.13. The van der Waals surface area contributed by atoms with Gasteiger partial charge in [0.1, 0.15) is 6.04 Å². The Kier molecular flexibility index (Phi) is 8.00. The van der Waals surface area contributed by atoms with Crippen LogP contribution < -0.4 is 5.32 Å². The van der Waals surface area contributed by atoms with Crippen LogP contribution in [0.15, 0.2) is 79.1 Å². The number of amides is 3. The van der Waals surface area contributed by atoms with Crippen molar-refractivity contribution in [2.75, 3.05) is 33.3 Å². The Morgan fingerprint density at radius 1 is 0.850 bits per heavy atom. The maximum atomic E-state index is 13.5. The molecule has 3 heterocycles. The summed E-state index contributed by atoms with van der Waals surface area (Å²) < 4.78 is 6.81. The summed E-state index contributed by atoms with van der Waals surface area (Å²) in [5.41, 5.74) is 1.88. The summed E-state index contributed by atoms with van der Waals surface area (Å²) in [5, 5.41) is 2.65. The molecule has 2 aliphatic heterocycles. The molecule has 40 heavy (non-hydrogen) atoms. The van der Waals surface area contributed by atoms with Crippen LogP contribution in [-0.2, 0) is 14.3 Å². The summed E-state index contributed by atoms with van der Waals surface area (Å²) in [7, 11) is 1.24. The fourth-order valence-corrected chi connectivity index (χ4v) is 5.76. The van der Waals surface area contributed by atoms with Crippen molar-refractivity contribution in [3.8, 4) is 5.69 Å². The number of ether oxygens (including phenoxy) is 1. The molecule has 0 aliphatic carbocycles. The number of likely N-dealkylation sites (tertiary alicyclic amines) is 2. The summed E-state index contributed by atoms with van der Waals surface area (Å²) in [5.74, 6) is -1.27. The van der Waals surface area contributed by atoms with Crippen LogP contribution in [0.2, 0.25) is 0 Å². The number of hydrogen-bond donors (Lipinski definition) is 1. The molecule has 2 saturated heterocycles. The number of aromatic nitrogens is 1. The standard InChI is InChI=1S/C31H34N4O5/c1-40-30(39)25(32-28(37)23-9-3-2-4-10-23)21-27(36)35-20-15-31(22-35)13-18-34(19-14-31)29(38)24-11-5-6-12-26(24)33-16-7-8-17-33/h2-12,16-17,25H,13-15,18-22H2,1H3,(H,32,37). The van der Waals surface area contributed by atoms with E-state index in [0.717, 1.165) is 24.9 Å². The van der Waals surface area contributed by atoms with E-state index >= 15 is 0 Å². The molecule has 208 valence electrons. The first-order valence-electron chi connectivity index (χ1n) is 13.6. The molecule has 9 nitrogen and oxygen atoms in total. The van der Waals surface area contributed by atoms with Crippen LogP contribution in [0.5, 0.6) is 0 Å². The molecule has 1 unspecified atom stereocenters. The zero-order valence-electron chi connectivity index (χ0n) is 22.6. The number of rotatable bonds is 7. The van der Waals surface area contributed by atoms with Crippen LogP contribution in [0.4, 0.5) is 0 Å². The van der Waals surface area contributed by atoms with Gasteiger partial charge < -0.3 is 24.4 Å². The van der Waals surface area contributed by atoms with Crippen molar-refractivity contribution in [2.45, 2.75) is 31.7 Å². The second-order valence-electron chi connectivity index (χ2n) is 10.6. The van der Waals surface area contributed by atoms with Gasteiger partial charge >= 0.3 is 5.97 Å². The van der Waals surface area contributed by atoms with Gasteiger partial charge in [0.05, 0.1) is 24.8 Å². The van der Waals surface area contributed by atoms with Crippen LogP contribution in [0.25, 0.3) is 5.69 Å². The molecule has 2 fully saturated rings. The minimum Gasteiger partial charge on any atom is -0.467 e. The van der Waals surface area contributed by atoms with Crippen LogP contribution >= 0.6 is 0 Å². The van der Waals surface area contributed by atoms with Gasteiger partial charge in [-0.05, 0) is 61.1 Å². The number of carbonyl (C=O) groups excluding carboxylic acids is 4. The molecule has 1 atom stereocenters. The third kappa shape index (κ3) is 5.78. The normalized spacial score (nSPS) is 16.9. The first-order valence-corrected chi connectivity index (χ1v) is 13.6. The molecular formula is C31H34N4O5. The number of esters is 1. The molecule has 1 N–H and O–H groups in total. The van der Waals surface area contributed by atoms with E-state index in [1.54, 1.807) is 35.2 Å². The predicted molar refractivity (Wildman–Crippen MR) is 149 cm³/mol. The molecule has 5 rings (SSSR count). The van der Waals surface area contributed by atoms with Crippen molar-refractivity contribution in [1.82, 2.24) is 19.7 Å². The second kappa shape index (κ2) is 11.8. The number of piperidine rings is 1.